The highest BCUT2D eigenvalue weighted by Crippen LogP contribution is 2.13. The lowest BCUT2D eigenvalue weighted by Crippen LogP contribution is -2.47. The van der Waals surface area contributed by atoms with E-state index < -0.39 is 0 Å². The van der Waals surface area contributed by atoms with E-state index in [0.717, 1.165) is 49.6 Å². The molecule has 1 aliphatic rings. The predicted octanol–water partition coefficient (Wildman–Crippen LogP) is 1.38. The van der Waals surface area contributed by atoms with E-state index >= 15 is 0 Å². The average molecular weight is 295 g/mol. The van der Waals surface area contributed by atoms with E-state index in [4.69, 9.17) is 6.42 Å². The maximum atomic E-state index is 5.27. The summed E-state index contributed by atoms with van der Waals surface area (Å²) in [4.78, 5) is 13.2. The van der Waals surface area contributed by atoms with Gasteiger partial charge in [0.2, 0.25) is 5.95 Å². The number of terminal acetylenes is 1. The minimum absolute atomic E-state index is 0.810. The molecule has 0 atom stereocenters. The van der Waals surface area contributed by atoms with E-state index in [0.29, 0.717) is 0 Å². The van der Waals surface area contributed by atoms with E-state index in [9.17, 15) is 0 Å². The Hall–Kier alpha value is -1.12. The Labute approximate surface area is 110 Å². The zero-order valence-corrected chi connectivity index (χ0v) is 11.2. The summed E-state index contributed by atoms with van der Waals surface area (Å²) in [5.74, 6) is 3.49. The Bertz CT molecular complexity index is 390. The fourth-order valence-electron chi connectivity index (χ4n) is 1.86. The molecule has 0 bridgehead atoms. The molecule has 5 heteroatoms. The minimum Gasteiger partial charge on any atom is -0.338 e. The summed E-state index contributed by atoms with van der Waals surface area (Å²) < 4.78 is 0.911. The Kier molecular flexibility index (Phi) is 4.35. The molecule has 0 N–H and O–H groups in total. The van der Waals surface area contributed by atoms with Crippen molar-refractivity contribution in [3.63, 3.8) is 0 Å². The molecule has 0 amide bonds. The van der Waals surface area contributed by atoms with E-state index in [-0.39, 0.29) is 0 Å². The van der Waals surface area contributed by atoms with Crippen molar-refractivity contribution in [2.45, 2.75) is 6.42 Å². The van der Waals surface area contributed by atoms with Crippen molar-refractivity contribution in [3.8, 4) is 12.3 Å². The van der Waals surface area contributed by atoms with Crippen LogP contribution in [-0.2, 0) is 0 Å². The van der Waals surface area contributed by atoms with E-state index in [2.05, 4.69) is 41.6 Å². The molecule has 2 rings (SSSR count). The van der Waals surface area contributed by atoms with Crippen LogP contribution in [0, 0.1) is 12.3 Å². The van der Waals surface area contributed by atoms with Gasteiger partial charge in [-0.25, -0.2) is 9.97 Å². The number of halogens is 1. The number of piperazine rings is 1. The van der Waals surface area contributed by atoms with Gasteiger partial charge in [-0.15, -0.1) is 12.3 Å². The third-order valence-corrected chi connectivity index (χ3v) is 3.24. The Balaban J connectivity index is 1.87. The summed E-state index contributed by atoms with van der Waals surface area (Å²) in [6, 6.07) is 0. The lowest BCUT2D eigenvalue weighted by Gasteiger charge is -2.34. The van der Waals surface area contributed by atoms with Crippen molar-refractivity contribution in [1.82, 2.24) is 14.9 Å². The highest BCUT2D eigenvalue weighted by atomic mass is 79.9. The Morgan fingerprint density at radius 1 is 1.24 bits per heavy atom. The number of anilines is 1. The fourth-order valence-corrected chi connectivity index (χ4v) is 2.07. The van der Waals surface area contributed by atoms with Gasteiger partial charge in [0.25, 0.3) is 0 Å². The van der Waals surface area contributed by atoms with Crippen LogP contribution in [0.4, 0.5) is 5.95 Å². The average Bonchev–Trinajstić information content (AvgIpc) is 2.38. The van der Waals surface area contributed by atoms with E-state index in [1.54, 1.807) is 12.4 Å². The number of aromatic nitrogens is 2. The van der Waals surface area contributed by atoms with Crippen molar-refractivity contribution in [2.24, 2.45) is 0 Å². The Morgan fingerprint density at radius 2 is 1.88 bits per heavy atom. The third kappa shape index (κ3) is 3.42. The highest BCUT2D eigenvalue weighted by molar-refractivity contribution is 9.10. The van der Waals surface area contributed by atoms with Gasteiger partial charge >= 0.3 is 0 Å². The van der Waals surface area contributed by atoms with Crippen LogP contribution in [-0.4, -0.2) is 47.6 Å². The van der Waals surface area contributed by atoms with Gasteiger partial charge in [-0.3, -0.25) is 4.90 Å². The second kappa shape index (κ2) is 5.99. The zero-order valence-electron chi connectivity index (χ0n) is 9.64. The van der Waals surface area contributed by atoms with Crippen LogP contribution in [0.1, 0.15) is 6.42 Å². The molecule has 0 spiro atoms. The second-order valence-corrected chi connectivity index (χ2v) is 4.90. The van der Waals surface area contributed by atoms with Crippen LogP contribution >= 0.6 is 15.9 Å². The summed E-state index contributed by atoms with van der Waals surface area (Å²) in [7, 11) is 0. The molecule has 90 valence electrons. The molecule has 0 aromatic carbocycles. The van der Waals surface area contributed by atoms with E-state index in [1.165, 1.54) is 0 Å². The first-order chi connectivity index (χ1) is 8.29. The topological polar surface area (TPSA) is 32.3 Å². The molecule has 17 heavy (non-hydrogen) atoms. The first-order valence-corrected chi connectivity index (χ1v) is 6.47. The maximum absolute atomic E-state index is 5.27. The summed E-state index contributed by atoms with van der Waals surface area (Å²) >= 11 is 3.34. The van der Waals surface area contributed by atoms with E-state index in [1.807, 2.05) is 0 Å². The van der Waals surface area contributed by atoms with Crippen LogP contribution < -0.4 is 4.90 Å². The SMILES string of the molecule is C#CCCN1CCN(c2ncc(Br)cn2)CC1. The van der Waals surface area contributed by atoms with Crippen LogP contribution in [0.5, 0.6) is 0 Å². The number of rotatable bonds is 3. The first kappa shape index (κ1) is 12.3. The van der Waals surface area contributed by atoms with Crippen molar-refractivity contribution < 1.29 is 0 Å². The lowest BCUT2D eigenvalue weighted by atomic mass is 10.3. The van der Waals surface area contributed by atoms with Gasteiger partial charge in [-0.05, 0) is 15.9 Å². The van der Waals surface area contributed by atoms with Crippen LogP contribution in [0.3, 0.4) is 0 Å². The van der Waals surface area contributed by atoms with Crippen LogP contribution in [0.25, 0.3) is 0 Å². The van der Waals surface area contributed by atoms with Crippen molar-refractivity contribution >= 4 is 21.9 Å². The van der Waals surface area contributed by atoms with Gasteiger partial charge < -0.3 is 4.90 Å². The molecule has 0 radical (unpaired) electrons. The standard InChI is InChI=1S/C12H15BrN4/c1-2-3-4-16-5-7-17(8-6-16)12-14-9-11(13)10-15-12/h1,9-10H,3-8H2. The Morgan fingerprint density at radius 3 is 2.47 bits per heavy atom. The monoisotopic (exact) mass is 294 g/mol. The van der Waals surface area contributed by atoms with Crippen molar-refractivity contribution in [3.05, 3.63) is 16.9 Å². The van der Waals surface area contributed by atoms with Gasteiger partial charge in [-0.1, -0.05) is 0 Å². The number of nitrogens with zero attached hydrogens (tertiary/aromatic N) is 4. The largest absolute Gasteiger partial charge is 0.338 e. The normalized spacial score (nSPS) is 16.8. The molecule has 1 fully saturated rings. The van der Waals surface area contributed by atoms with Gasteiger partial charge in [0.1, 0.15) is 0 Å². The molecule has 1 saturated heterocycles. The third-order valence-electron chi connectivity index (χ3n) is 2.83. The summed E-state index contributed by atoms with van der Waals surface area (Å²) in [6.45, 7) is 4.98. The molecule has 1 aromatic rings. The molecule has 4 nitrogen and oxygen atoms in total. The van der Waals surface area contributed by atoms with Crippen molar-refractivity contribution in [2.75, 3.05) is 37.6 Å². The molecule has 1 aliphatic heterocycles. The van der Waals surface area contributed by atoms with Crippen LogP contribution in [0.2, 0.25) is 0 Å². The molecule has 0 aliphatic carbocycles. The zero-order chi connectivity index (χ0) is 12.1. The molecule has 1 aromatic heterocycles. The quantitative estimate of drug-likeness (QED) is 0.789. The summed E-state index contributed by atoms with van der Waals surface area (Å²) in [5.41, 5.74) is 0. The smallest absolute Gasteiger partial charge is 0.225 e. The van der Waals surface area contributed by atoms with Crippen LogP contribution in [0.15, 0.2) is 16.9 Å². The maximum Gasteiger partial charge on any atom is 0.225 e. The summed E-state index contributed by atoms with van der Waals surface area (Å²) in [5, 5.41) is 0. The molecule has 2 heterocycles. The minimum atomic E-state index is 0.810. The first-order valence-electron chi connectivity index (χ1n) is 5.68. The predicted molar refractivity (Wildman–Crippen MR) is 71.8 cm³/mol. The van der Waals surface area contributed by atoms with Gasteiger partial charge in [0, 0.05) is 51.5 Å². The molecule has 0 unspecified atom stereocenters. The summed E-state index contributed by atoms with van der Waals surface area (Å²) in [6.07, 6.45) is 9.66. The molecular formula is C12H15BrN4. The second-order valence-electron chi connectivity index (χ2n) is 3.98. The van der Waals surface area contributed by atoms with Gasteiger partial charge in [-0.2, -0.15) is 0 Å². The molecular weight excluding hydrogens is 280 g/mol. The lowest BCUT2D eigenvalue weighted by molar-refractivity contribution is 0.262. The number of hydrogen-bond acceptors (Lipinski definition) is 4. The van der Waals surface area contributed by atoms with Gasteiger partial charge in [0.05, 0.1) is 4.47 Å². The van der Waals surface area contributed by atoms with Gasteiger partial charge in [0.15, 0.2) is 0 Å². The molecule has 0 saturated carbocycles. The fraction of sp³-hybridized carbons (Fsp3) is 0.500. The highest BCUT2D eigenvalue weighted by Gasteiger charge is 2.17. The van der Waals surface area contributed by atoms with Crippen molar-refractivity contribution in [1.29, 1.82) is 0 Å². The number of hydrogen-bond donors (Lipinski definition) is 0.